The Morgan fingerprint density at radius 1 is 1.45 bits per heavy atom. The van der Waals surface area contributed by atoms with Gasteiger partial charge in [-0.3, -0.25) is 0 Å². The van der Waals surface area contributed by atoms with Crippen LogP contribution in [0.15, 0.2) is 16.6 Å². The highest BCUT2D eigenvalue weighted by atomic mass is 79.9. The zero-order chi connectivity index (χ0) is 16.8. The molecule has 1 aromatic heterocycles. The standard InChI is InChI=1S/C15H22BrFN2O3/c1-10(18-14(20)22-15(2,3)4)6-5-7-21-13-9-11(16)8-12(17)19-13/h8-10H,5-7H2,1-4H3,(H,18,20)/t10-/m0/s1. The lowest BCUT2D eigenvalue weighted by molar-refractivity contribution is 0.0504. The maximum atomic E-state index is 13.1. The second kappa shape index (κ2) is 8.31. The van der Waals surface area contributed by atoms with Gasteiger partial charge in [0.2, 0.25) is 11.8 Å². The number of carbonyl (C=O) groups excluding carboxylic acids is 1. The van der Waals surface area contributed by atoms with Gasteiger partial charge >= 0.3 is 6.09 Å². The van der Waals surface area contributed by atoms with Gasteiger partial charge < -0.3 is 14.8 Å². The molecule has 0 spiro atoms. The average molecular weight is 377 g/mol. The van der Waals surface area contributed by atoms with Crippen LogP contribution in [0.1, 0.15) is 40.5 Å². The lowest BCUT2D eigenvalue weighted by Crippen LogP contribution is -2.37. The van der Waals surface area contributed by atoms with Crippen LogP contribution in [-0.4, -0.2) is 29.3 Å². The van der Waals surface area contributed by atoms with Crippen molar-refractivity contribution in [1.82, 2.24) is 10.3 Å². The summed E-state index contributed by atoms with van der Waals surface area (Å²) < 4.78 is 24.2. The van der Waals surface area contributed by atoms with E-state index >= 15 is 0 Å². The molecule has 22 heavy (non-hydrogen) atoms. The van der Waals surface area contributed by atoms with E-state index in [1.165, 1.54) is 6.07 Å². The van der Waals surface area contributed by atoms with Crippen molar-refractivity contribution in [2.24, 2.45) is 0 Å². The summed E-state index contributed by atoms with van der Waals surface area (Å²) in [5.74, 6) is -0.357. The van der Waals surface area contributed by atoms with E-state index < -0.39 is 17.6 Å². The molecule has 7 heteroatoms. The SMILES string of the molecule is C[C@@H](CCCOc1cc(Br)cc(F)n1)NC(=O)OC(C)(C)C. The van der Waals surface area contributed by atoms with Crippen LogP contribution in [0, 0.1) is 5.95 Å². The lowest BCUT2D eigenvalue weighted by atomic mass is 10.2. The number of halogens is 2. The summed E-state index contributed by atoms with van der Waals surface area (Å²) in [6, 6.07) is 2.83. The van der Waals surface area contributed by atoms with Gasteiger partial charge in [0.1, 0.15) is 5.60 Å². The van der Waals surface area contributed by atoms with E-state index in [1.807, 2.05) is 27.7 Å². The van der Waals surface area contributed by atoms with Gasteiger partial charge in [-0.1, -0.05) is 15.9 Å². The van der Waals surface area contributed by atoms with Crippen molar-refractivity contribution in [2.75, 3.05) is 6.61 Å². The number of nitrogens with zero attached hydrogens (tertiary/aromatic N) is 1. The highest BCUT2D eigenvalue weighted by Gasteiger charge is 2.17. The van der Waals surface area contributed by atoms with Crippen LogP contribution < -0.4 is 10.1 Å². The normalized spacial score (nSPS) is 12.6. The van der Waals surface area contributed by atoms with Crippen LogP contribution in [0.25, 0.3) is 0 Å². The summed E-state index contributed by atoms with van der Waals surface area (Å²) in [4.78, 5) is 15.2. The van der Waals surface area contributed by atoms with Crippen molar-refractivity contribution >= 4 is 22.0 Å². The molecular weight excluding hydrogens is 355 g/mol. The summed E-state index contributed by atoms with van der Waals surface area (Å²) in [5.41, 5.74) is -0.511. The minimum Gasteiger partial charge on any atom is -0.478 e. The molecule has 1 amide bonds. The number of amides is 1. The molecule has 0 aliphatic carbocycles. The van der Waals surface area contributed by atoms with E-state index in [0.717, 1.165) is 6.42 Å². The first-order chi connectivity index (χ1) is 10.2. The number of rotatable bonds is 6. The molecule has 1 atom stereocenters. The molecule has 1 N–H and O–H groups in total. The average Bonchev–Trinajstić information content (AvgIpc) is 2.30. The second-order valence-electron chi connectivity index (χ2n) is 5.98. The molecule has 124 valence electrons. The molecule has 0 aromatic carbocycles. The van der Waals surface area contributed by atoms with Gasteiger partial charge in [-0.15, -0.1) is 0 Å². The minimum atomic E-state index is -0.593. The van der Waals surface area contributed by atoms with E-state index in [9.17, 15) is 9.18 Å². The number of nitrogens with one attached hydrogen (secondary N) is 1. The van der Waals surface area contributed by atoms with Crippen molar-refractivity contribution in [2.45, 2.75) is 52.2 Å². The number of hydrogen-bond donors (Lipinski definition) is 1. The summed E-state index contributed by atoms with van der Waals surface area (Å²) >= 11 is 3.17. The van der Waals surface area contributed by atoms with Gasteiger partial charge in [-0.05, 0) is 40.5 Å². The third-order valence-electron chi connectivity index (χ3n) is 2.53. The fourth-order valence-corrected chi connectivity index (χ4v) is 2.05. The molecule has 0 aliphatic rings. The number of ether oxygens (including phenoxy) is 2. The maximum Gasteiger partial charge on any atom is 0.407 e. The predicted octanol–water partition coefficient (Wildman–Crippen LogP) is 4.06. The topological polar surface area (TPSA) is 60.5 Å². The Morgan fingerprint density at radius 3 is 2.73 bits per heavy atom. The third-order valence-corrected chi connectivity index (χ3v) is 2.99. The molecule has 1 aromatic rings. The van der Waals surface area contributed by atoms with E-state index in [0.29, 0.717) is 17.5 Å². The maximum absolute atomic E-state index is 13.1. The Kier molecular flexibility index (Phi) is 7.06. The van der Waals surface area contributed by atoms with Crippen LogP contribution >= 0.6 is 15.9 Å². The molecule has 0 unspecified atom stereocenters. The number of aromatic nitrogens is 1. The van der Waals surface area contributed by atoms with Gasteiger partial charge in [0.15, 0.2) is 0 Å². The first-order valence-corrected chi connectivity index (χ1v) is 7.90. The highest BCUT2D eigenvalue weighted by molar-refractivity contribution is 9.10. The predicted molar refractivity (Wildman–Crippen MR) is 85.5 cm³/mol. The summed E-state index contributed by atoms with van der Waals surface area (Å²) in [5, 5.41) is 2.75. The van der Waals surface area contributed by atoms with Crippen LogP contribution in [0.2, 0.25) is 0 Å². The lowest BCUT2D eigenvalue weighted by Gasteiger charge is -2.21. The highest BCUT2D eigenvalue weighted by Crippen LogP contribution is 2.17. The van der Waals surface area contributed by atoms with Gasteiger partial charge in [0, 0.05) is 22.6 Å². The van der Waals surface area contributed by atoms with Crippen molar-refractivity contribution in [3.8, 4) is 5.88 Å². The van der Waals surface area contributed by atoms with Gasteiger partial charge in [-0.2, -0.15) is 9.37 Å². The van der Waals surface area contributed by atoms with Crippen molar-refractivity contribution in [3.05, 3.63) is 22.6 Å². The van der Waals surface area contributed by atoms with Gasteiger partial charge in [0.05, 0.1) is 6.61 Å². The van der Waals surface area contributed by atoms with Crippen LogP contribution in [0.3, 0.4) is 0 Å². The van der Waals surface area contributed by atoms with Crippen molar-refractivity contribution in [3.63, 3.8) is 0 Å². The van der Waals surface area contributed by atoms with Gasteiger partial charge in [-0.25, -0.2) is 4.79 Å². The number of hydrogen-bond acceptors (Lipinski definition) is 4. The summed E-state index contributed by atoms with van der Waals surface area (Å²) in [7, 11) is 0. The van der Waals surface area contributed by atoms with Crippen LogP contribution in [0.4, 0.5) is 9.18 Å². The summed E-state index contributed by atoms with van der Waals surface area (Å²) in [6.45, 7) is 7.73. The minimum absolute atomic E-state index is 0.0364. The smallest absolute Gasteiger partial charge is 0.407 e. The largest absolute Gasteiger partial charge is 0.478 e. The Balaban J connectivity index is 2.25. The fourth-order valence-electron chi connectivity index (χ4n) is 1.66. The molecule has 0 fully saturated rings. The molecule has 0 aliphatic heterocycles. The molecule has 1 heterocycles. The monoisotopic (exact) mass is 376 g/mol. The van der Waals surface area contributed by atoms with Crippen LogP contribution in [0.5, 0.6) is 5.88 Å². The van der Waals surface area contributed by atoms with Gasteiger partial charge in [0.25, 0.3) is 0 Å². The Bertz CT molecular complexity index is 486. The van der Waals surface area contributed by atoms with Crippen molar-refractivity contribution in [1.29, 1.82) is 0 Å². The molecular formula is C15H22BrFN2O3. The Labute approximate surface area is 138 Å². The molecule has 5 nitrogen and oxygen atoms in total. The zero-order valence-electron chi connectivity index (χ0n) is 13.3. The fraction of sp³-hybridized carbons (Fsp3) is 0.600. The van der Waals surface area contributed by atoms with E-state index in [1.54, 1.807) is 6.07 Å². The van der Waals surface area contributed by atoms with E-state index in [-0.39, 0.29) is 11.9 Å². The van der Waals surface area contributed by atoms with E-state index in [4.69, 9.17) is 9.47 Å². The number of alkyl carbamates (subject to hydrolysis) is 1. The van der Waals surface area contributed by atoms with Crippen LogP contribution in [-0.2, 0) is 4.74 Å². The molecule has 0 saturated carbocycles. The third kappa shape index (κ3) is 8.17. The first kappa shape index (κ1) is 18.7. The Hall–Kier alpha value is -1.37. The molecule has 0 saturated heterocycles. The number of carbonyl (C=O) groups is 1. The second-order valence-corrected chi connectivity index (χ2v) is 6.90. The zero-order valence-corrected chi connectivity index (χ0v) is 14.9. The molecule has 0 bridgehead atoms. The Morgan fingerprint density at radius 2 is 2.14 bits per heavy atom. The molecule has 1 rings (SSSR count). The first-order valence-electron chi connectivity index (χ1n) is 7.11. The summed E-state index contributed by atoms with van der Waals surface area (Å²) in [6.07, 6.45) is 0.985. The number of pyridine rings is 1. The van der Waals surface area contributed by atoms with E-state index in [2.05, 4.69) is 26.2 Å². The molecule has 0 radical (unpaired) electrons. The quantitative estimate of drug-likeness (QED) is 0.600. The van der Waals surface area contributed by atoms with Crippen molar-refractivity contribution < 1.29 is 18.7 Å².